The van der Waals surface area contributed by atoms with E-state index < -0.39 is 6.10 Å². The first-order valence-electron chi connectivity index (χ1n) is 4.81. The molecule has 0 aromatic heterocycles. The second-order valence-corrected chi connectivity index (χ2v) is 3.48. The van der Waals surface area contributed by atoms with Crippen LogP contribution < -0.4 is 10.5 Å². The topological polar surface area (TPSA) is 55.5 Å². The van der Waals surface area contributed by atoms with Crippen LogP contribution in [0.4, 0.5) is 4.39 Å². The summed E-state index contributed by atoms with van der Waals surface area (Å²) >= 11 is 0. The molecule has 0 spiro atoms. The fraction of sp³-hybridized carbons (Fsp3) is 0.455. The second kappa shape index (κ2) is 5.09. The van der Waals surface area contributed by atoms with Crippen LogP contribution in [0.1, 0.15) is 18.4 Å². The predicted octanol–water partition coefficient (Wildman–Crippen LogP) is 1.26. The molecule has 4 heteroatoms. The lowest BCUT2D eigenvalue weighted by molar-refractivity contribution is 0.156. The van der Waals surface area contributed by atoms with E-state index in [1.165, 1.54) is 13.2 Å². The summed E-state index contributed by atoms with van der Waals surface area (Å²) in [7, 11) is 1.48. The van der Waals surface area contributed by atoms with Gasteiger partial charge >= 0.3 is 0 Å². The maximum atomic E-state index is 13.6. The number of hydrogen-bond acceptors (Lipinski definition) is 3. The lowest BCUT2D eigenvalue weighted by Gasteiger charge is -2.18. The van der Waals surface area contributed by atoms with Crippen molar-refractivity contribution in [3.05, 3.63) is 29.6 Å². The Morgan fingerprint density at radius 1 is 1.53 bits per heavy atom. The Morgan fingerprint density at radius 2 is 2.20 bits per heavy atom. The minimum atomic E-state index is -0.729. The average molecular weight is 213 g/mol. The van der Waals surface area contributed by atoms with Gasteiger partial charge in [0.05, 0.1) is 13.2 Å². The number of ether oxygens (including phenoxy) is 1. The highest BCUT2D eigenvalue weighted by molar-refractivity contribution is 5.31. The molecule has 0 fully saturated rings. The third-order valence-electron chi connectivity index (χ3n) is 2.52. The Kier molecular flexibility index (Phi) is 4.05. The van der Waals surface area contributed by atoms with Gasteiger partial charge in [0.25, 0.3) is 0 Å². The van der Waals surface area contributed by atoms with Crippen molar-refractivity contribution in [1.29, 1.82) is 0 Å². The Labute approximate surface area is 88.7 Å². The molecule has 2 unspecified atom stereocenters. The maximum absolute atomic E-state index is 13.6. The summed E-state index contributed by atoms with van der Waals surface area (Å²) in [6, 6.07) is 4.57. The average Bonchev–Trinajstić information content (AvgIpc) is 2.26. The molecule has 0 aliphatic heterocycles. The maximum Gasteiger partial charge on any atom is 0.130 e. The Balaban J connectivity index is 2.95. The first-order chi connectivity index (χ1) is 7.10. The molecule has 0 saturated heterocycles. The van der Waals surface area contributed by atoms with Crippen LogP contribution in [0.2, 0.25) is 0 Å². The van der Waals surface area contributed by atoms with Gasteiger partial charge in [-0.15, -0.1) is 0 Å². The van der Waals surface area contributed by atoms with Crippen molar-refractivity contribution >= 4 is 0 Å². The van der Waals surface area contributed by atoms with Gasteiger partial charge < -0.3 is 15.6 Å². The first kappa shape index (κ1) is 11.9. The number of benzene rings is 1. The van der Waals surface area contributed by atoms with Gasteiger partial charge in [-0.3, -0.25) is 0 Å². The zero-order valence-corrected chi connectivity index (χ0v) is 8.90. The SMILES string of the molecule is COc1ccc(C(C)C(O)CN)c(F)c1. The fourth-order valence-electron chi connectivity index (χ4n) is 1.42. The normalized spacial score (nSPS) is 14.7. The molecular weight excluding hydrogens is 197 g/mol. The van der Waals surface area contributed by atoms with Crippen LogP contribution in [0.25, 0.3) is 0 Å². The molecule has 0 amide bonds. The summed E-state index contributed by atoms with van der Waals surface area (Å²) in [6.07, 6.45) is -0.729. The van der Waals surface area contributed by atoms with Gasteiger partial charge in [0.2, 0.25) is 0 Å². The van der Waals surface area contributed by atoms with Crippen molar-refractivity contribution in [1.82, 2.24) is 0 Å². The number of halogens is 1. The Morgan fingerprint density at radius 3 is 2.67 bits per heavy atom. The molecule has 0 radical (unpaired) electrons. The predicted molar refractivity (Wildman–Crippen MR) is 56.4 cm³/mol. The van der Waals surface area contributed by atoms with E-state index in [1.807, 2.05) is 0 Å². The smallest absolute Gasteiger partial charge is 0.130 e. The van der Waals surface area contributed by atoms with E-state index in [4.69, 9.17) is 10.5 Å². The van der Waals surface area contributed by atoms with E-state index in [0.29, 0.717) is 11.3 Å². The highest BCUT2D eigenvalue weighted by atomic mass is 19.1. The third kappa shape index (κ3) is 2.67. The van der Waals surface area contributed by atoms with Crippen molar-refractivity contribution in [3.63, 3.8) is 0 Å². The van der Waals surface area contributed by atoms with Crippen LogP contribution >= 0.6 is 0 Å². The summed E-state index contributed by atoms with van der Waals surface area (Å²) in [5, 5.41) is 9.51. The van der Waals surface area contributed by atoms with Crippen molar-refractivity contribution in [2.75, 3.05) is 13.7 Å². The molecule has 84 valence electrons. The molecule has 1 aromatic carbocycles. The van der Waals surface area contributed by atoms with Gasteiger partial charge in [-0.2, -0.15) is 0 Å². The molecule has 15 heavy (non-hydrogen) atoms. The van der Waals surface area contributed by atoms with Crippen LogP contribution in [0.5, 0.6) is 5.75 Å². The highest BCUT2D eigenvalue weighted by Crippen LogP contribution is 2.25. The second-order valence-electron chi connectivity index (χ2n) is 3.48. The molecular formula is C11H16FNO2. The molecule has 0 saturated carbocycles. The molecule has 0 heterocycles. The standard InChI is InChI=1S/C11H16FNO2/c1-7(11(14)6-13)9-4-3-8(15-2)5-10(9)12/h3-5,7,11,14H,6,13H2,1-2H3. The van der Waals surface area contributed by atoms with E-state index in [-0.39, 0.29) is 18.3 Å². The molecule has 0 aliphatic rings. The zero-order valence-electron chi connectivity index (χ0n) is 8.90. The zero-order chi connectivity index (χ0) is 11.4. The number of rotatable bonds is 4. The quantitative estimate of drug-likeness (QED) is 0.791. The van der Waals surface area contributed by atoms with E-state index in [1.54, 1.807) is 19.1 Å². The van der Waals surface area contributed by atoms with Crippen molar-refractivity contribution in [2.24, 2.45) is 5.73 Å². The van der Waals surface area contributed by atoms with Gasteiger partial charge in [-0.05, 0) is 11.6 Å². The molecule has 1 aromatic rings. The number of aliphatic hydroxyl groups excluding tert-OH is 1. The van der Waals surface area contributed by atoms with Gasteiger partial charge in [0.15, 0.2) is 0 Å². The van der Waals surface area contributed by atoms with Gasteiger partial charge in [0.1, 0.15) is 11.6 Å². The van der Waals surface area contributed by atoms with Crippen molar-refractivity contribution < 1.29 is 14.2 Å². The van der Waals surface area contributed by atoms with E-state index in [2.05, 4.69) is 0 Å². The molecule has 0 aliphatic carbocycles. The number of hydrogen-bond donors (Lipinski definition) is 2. The number of methoxy groups -OCH3 is 1. The summed E-state index contributed by atoms with van der Waals surface area (Å²) in [4.78, 5) is 0. The van der Waals surface area contributed by atoms with E-state index in [0.717, 1.165) is 0 Å². The molecule has 0 bridgehead atoms. The number of nitrogens with two attached hydrogens (primary N) is 1. The molecule has 3 nitrogen and oxygen atoms in total. The van der Waals surface area contributed by atoms with Crippen molar-refractivity contribution in [2.45, 2.75) is 18.9 Å². The van der Waals surface area contributed by atoms with Gasteiger partial charge in [-0.25, -0.2) is 4.39 Å². The number of aliphatic hydroxyl groups is 1. The summed E-state index contributed by atoms with van der Waals surface area (Å²) < 4.78 is 18.4. The van der Waals surface area contributed by atoms with Gasteiger partial charge in [-0.1, -0.05) is 13.0 Å². The lowest BCUT2D eigenvalue weighted by Crippen LogP contribution is -2.26. The third-order valence-corrected chi connectivity index (χ3v) is 2.52. The summed E-state index contributed by atoms with van der Waals surface area (Å²) in [6.45, 7) is 1.86. The van der Waals surface area contributed by atoms with Crippen LogP contribution in [0.3, 0.4) is 0 Å². The van der Waals surface area contributed by atoms with E-state index in [9.17, 15) is 9.50 Å². The first-order valence-corrected chi connectivity index (χ1v) is 4.81. The molecule has 2 atom stereocenters. The van der Waals surface area contributed by atoms with Crippen LogP contribution in [-0.2, 0) is 0 Å². The fourth-order valence-corrected chi connectivity index (χ4v) is 1.42. The molecule has 3 N–H and O–H groups in total. The van der Waals surface area contributed by atoms with Gasteiger partial charge in [0, 0.05) is 18.5 Å². The van der Waals surface area contributed by atoms with E-state index >= 15 is 0 Å². The Bertz CT molecular complexity index is 330. The van der Waals surface area contributed by atoms with Crippen LogP contribution in [0.15, 0.2) is 18.2 Å². The van der Waals surface area contributed by atoms with Crippen molar-refractivity contribution in [3.8, 4) is 5.75 Å². The molecule has 1 rings (SSSR count). The van der Waals surface area contributed by atoms with Crippen LogP contribution in [0, 0.1) is 5.82 Å². The minimum absolute atomic E-state index is 0.118. The Hall–Kier alpha value is -1.13. The van der Waals surface area contributed by atoms with Crippen LogP contribution in [-0.4, -0.2) is 24.9 Å². The largest absolute Gasteiger partial charge is 0.497 e. The highest BCUT2D eigenvalue weighted by Gasteiger charge is 2.18. The minimum Gasteiger partial charge on any atom is -0.497 e. The summed E-state index contributed by atoms with van der Waals surface area (Å²) in [5.74, 6) is -0.235. The monoisotopic (exact) mass is 213 g/mol. The summed E-state index contributed by atoms with van der Waals surface area (Å²) in [5.41, 5.74) is 5.77. The lowest BCUT2D eigenvalue weighted by atomic mass is 9.95.